The first-order chi connectivity index (χ1) is 4.27. The summed E-state index contributed by atoms with van der Waals surface area (Å²) in [5.41, 5.74) is 0. The van der Waals surface area contributed by atoms with E-state index >= 15 is 0 Å². The zero-order chi connectivity index (χ0) is 7.11. The average Bonchev–Trinajstić information content (AvgIpc) is 1.80. The van der Waals surface area contributed by atoms with Crippen LogP contribution >= 0.6 is 0 Å². The summed E-state index contributed by atoms with van der Waals surface area (Å²) < 4.78 is 4.50. The van der Waals surface area contributed by atoms with Gasteiger partial charge in [0.25, 0.3) is 0 Å². The fourth-order valence-electron chi connectivity index (χ4n) is 0.203. The van der Waals surface area contributed by atoms with Crippen molar-refractivity contribution in [1.82, 2.24) is 0 Å². The average molecular weight is 126 g/mol. The molecule has 0 bridgehead atoms. The number of carboxylic acids is 1. The highest BCUT2D eigenvalue weighted by molar-refractivity contribution is 5.79. The predicted molar refractivity (Wildman–Crippen MR) is 31.6 cm³/mol. The predicted octanol–water partition coefficient (Wildman–Crippen LogP) is 0.234. The first kappa shape index (κ1) is 7.57. The van der Waals surface area contributed by atoms with Crippen LogP contribution in [0.25, 0.3) is 0 Å². The van der Waals surface area contributed by atoms with Gasteiger partial charge in [-0.05, 0) is 0 Å². The smallest absolute Gasteiger partial charge is 0.331 e. The number of ether oxygens (including phenoxy) is 1. The maximum Gasteiger partial charge on any atom is 0.331 e. The van der Waals surface area contributed by atoms with Crippen molar-refractivity contribution in [3.63, 3.8) is 0 Å². The molecule has 9 heavy (non-hydrogen) atoms. The third-order valence-electron chi connectivity index (χ3n) is 0.474. The molecule has 3 heteroatoms. The van der Waals surface area contributed by atoms with E-state index in [1.807, 2.05) is 0 Å². The van der Waals surface area contributed by atoms with Gasteiger partial charge in [0.05, 0.1) is 12.3 Å². The van der Waals surface area contributed by atoms with Crippen molar-refractivity contribution in [2.24, 2.45) is 0 Å². The van der Waals surface area contributed by atoms with Crippen molar-refractivity contribution < 1.29 is 14.6 Å². The lowest BCUT2D eigenvalue weighted by molar-refractivity contribution is -0.131. The second-order valence-corrected chi connectivity index (χ2v) is 1.16. The SMILES string of the molecule is C#CCOC=CC(=O)O. The zero-order valence-corrected chi connectivity index (χ0v) is 4.70. The standard InChI is InChI=1S/C6H6O3/c1-2-4-9-5-3-6(7)8/h1,3,5H,4H2,(H,7,8). The number of hydrogen-bond donors (Lipinski definition) is 1. The van der Waals surface area contributed by atoms with E-state index in [0.717, 1.165) is 12.3 Å². The van der Waals surface area contributed by atoms with Crippen LogP contribution in [0.15, 0.2) is 12.3 Å². The van der Waals surface area contributed by atoms with Gasteiger partial charge < -0.3 is 9.84 Å². The molecule has 0 fully saturated rings. The van der Waals surface area contributed by atoms with E-state index in [9.17, 15) is 4.79 Å². The summed E-state index contributed by atoms with van der Waals surface area (Å²) in [7, 11) is 0. The van der Waals surface area contributed by atoms with Gasteiger partial charge in [0.1, 0.15) is 6.61 Å². The Labute approximate surface area is 52.9 Å². The Kier molecular flexibility index (Phi) is 3.97. The Morgan fingerprint density at radius 2 is 2.56 bits per heavy atom. The van der Waals surface area contributed by atoms with Gasteiger partial charge in [0, 0.05) is 0 Å². The summed E-state index contributed by atoms with van der Waals surface area (Å²) in [6, 6.07) is 0. The van der Waals surface area contributed by atoms with Crippen LogP contribution in [0, 0.1) is 12.3 Å². The van der Waals surface area contributed by atoms with Gasteiger partial charge >= 0.3 is 5.97 Å². The molecule has 0 rings (SSSR count). The van der Waals surface area contributed by atoms with Crippen molar-refractivity contribution in [2.45, 2.75) is 0 Å². The monoisotopic (exact) mass is 126 g/mol. The minimum absolute atomic E-state index is 0.101. The molecule has 0 aliphatic carbocycles. The Hall–Kier alpha value is -1.43. The second kappa shape index (κ2) is 4.72. The molecule has 0 aliphatic rings. The van der Waals surface area contributed by atoms with Crippen LogP contribution < -0.4 is 0 Å². The summed E-state index contributed by atoms with van der Waals surface area (Å²) in [5.74, 6) is 1.13. The summed E-state index contributed by atoms with van der Waals surface area (Å²) >= 11 is 0. The van der Waals surface area contributed by atoms with Crippen molar-refractivity contribution in [1.29, 1.82) is 0 Å². The maximum absolute atomic E-state index is 9.74. The number of rotatable bonds is 3. The van der Waals surface area contributed by atoms with Crippen LogP contribution in [0.1, 0.15) is 0 Å². The van der Waals surface area contributed by atoms with Gasteiger partial charge in [-0.3, -0.25) is 0 Å². The summed E-state index contributed by atoms with van der Waals surface area (Å²) in [6.45, 7) is 0.101. The molecule has 0 heterocycles. The molecule has 48 valence electrons. The molecule has 3 nitrogen and oxygen atoms in total. The molecule has 0 atom stereocenters. The Morgan fingerprint density at radius 1 is 1.89 bits per heavy atom. The van der Waals surface area contributed by atoms with Crippen LogP contribution in [0.4, 0.5) is 0 Å². The highest BCUT2D eigenvalue weighted by Crippen LogP contribution is 1.75. The van der Waals surface area contributed by atoms with Gasteiger partial charge in [0.2, 0.25) is 0 Å². The molecule has 0 saturated carbocycles. The summed E-state index contributed by atoms with van der Waals surface area (Å²) in [4.78, 5) is 9.74. The van der Waals surface area contributed by atoms with Crippen molar-refractivity contribution in [3.05, 3.63) is 12.3 Å². The number of carbonyl (C=O) groups is 1. The Morgan fingerprint density at radius 3 is 3.00 bits per heavy atom. The lowest BCUT2D eigenvalue weighted by atomic mass is 10.6. The van der Waals surface area contributed by atoms with Crippen molar-refractivity contribution >= 4 is 5.97 Å². The highest BCUT2D eigenvalue weighted by atomic mass is 16.5. The zero-order valence-electron chi connectivity index (χ0n) is 4.70. The summed E-state index contributed by atoms with van der Waals surface area (Å²) in [5, 5.41) is 7.99. The van der Waals surface area contributed by atoms with E-state index < -0.39 is 5.97 Å². The van der Waals surface area contributed by atoms with E-state index in [1.165, 1.54) is 0 Å². The van der Waals surface area contributed by atoms with Crippen LogP contribution in [0.3, 0.4) is 0 Å². The summed E-state index contributed by atoms with van der Waals surface area (Å²) in [6.07, 6.45) is 6.71. The molecule has 0 saturated heterocycles. The topological polar surface area (TPSA) is 46.5 Å². The fourth-order valence-corrected chi connectivity index (χ4v) is 0.203. The quantitative estimate of drug-likeness (QED) is 0.255. The van der Waals surface area contributed by atoms with Crippen LogP contribution in [-0.2, 0) is 9.53 Å². The van der Waals surface area contributed by atoms with Crippen molar-refractivity contribution in [2.75, 3.05) is 6.61 Å². The molecule has 0 aromatic rings. The molecule has 0 unspecified atom stereocenters. The first-order valence-electron chi connectivity index (χ1n) is 2.22. The molecule has 0 amide bonds. The first-order valence-corrected chi connectivity index (χ1v) is 2.22. The Balaban J connectivity index is 3.28. The lowest BCUT2D eigenvalue weighted by Gasteiger charge is -1.87. The molecule has 1 N–H and O–H groups in total. The molecular formula is C6H6O3. The van der Waals surface area contributed by atoms with Crippen LogP contribution in [0.2, 0.25) is 0 Å². The number of carboxylic acid groups (broad SMARTS) is 1. The van der Waals surface area contributed by atoms with Gasteiger partial charge in [-0.2, -0.15) is 0 Å². The van der Waals surface area contributed by atoms with E-state index in [-0.39, 0.29) is 6.61 Å². The van der Waals surface area contributed by atoms with Gasteiger partial charge in [0.15, 0.2) is 0 Å². The highest BCUT2D eigenvalue weighted by Gasteiger charge is 1.82. The van der Waals surface area contributed by atoms with E-state index in [4.69, 9.17) is 11.5 Å². The molecule has 0 aliphatic heterocycles. The van der Waals surface area contributed by atoms with Crippen LogP contribution in [0.5, 0.6) is 0 Å². The van der Waals surface area contributed by atoms with Crippen LogP contribution in [-0.4, -0.2) is 17.7 Å². The van der Waals surface area contributed by atoms with E-state index in [2.05, 4.69) is 10.7 Å². The van der Waals surface area contributed by atoms with Gasteiger partial charge in [-0.25, -0.2) is 4.79 Å². The number of aliphatic carboxylic acids is 1. The van der Waals surface area contributed by atoms with Crippen molar-refractivity contribution in [3.8, 4) is 12.3 Å². The minimum Gasteiger partial charge on any atom is -0.488 e. The van der Waals surface area contributed by atoms with E-state index in [0.29, 0.717) is 0 Å². The number of terminal acetylenes is 1. The Bertz CT molecular complexity index is 152. The molecule has 0 spiro atoms. The number of hydrogen-bond acceptors (Lipinski definition) is 2. The minimum atomic E-state index is -1.05. The maximum atomic E-state index is 9.74. The van der Waals surface area contributed by atoms with Gasteiger partial charge in [-0.1, -0.05) is 5.92 Å². The third-order valence-corrected chi connectivity index (χ3v) is 0.474. The normalized spacial score (nSPS) is 8.78. The van der Waals surface area contributed by atoms with E-state index in [1.54, 1.807) is 0 Å². The van der Waals surface area contributed by atoms with Gasteiger partial charge in [-0.15, -0.1) is 6.42 Å². The molecule has 0 aromatic heterocycles. The largest absolute Gasteiger partial charge is 0.488 e. The molecule has 0 aromatic carbocycles. The third kappa shape index (κ3) is 6.57. The molecular weight excluding hydrogens is 120 g/mol. The molecule has 0 radical (unpaired) electrons. The lowest BCUT2D eigenvalue weighted by Crippen LogP contribution is -1.88. The second-order valence-electron chi connectivity index (χ2n) is 1.16. The fraction of sp³-hybridized carbons (Fsp3) is 0.167.